The molecule has 0 spiro atoms. The minimum Gasteiger partial charge on any atom is -0.395 e. The quantitative estimate of drug-likeness (QED) is 0.260. The number of nitrogens with one attached hydrogen (secondary N) is 1. The van der Waals surface area contributed by atoms with E-state index in [2.05, 4.69) is 15.1 Å². The van der Waals surface area contributed by atoms with Crippen molar-refractivity contribution in [3.8, 4) is 0 Å². The van der Waals surface area contributed by atoms with Crippen LogP contribution in [0.3, 0.4) is 0 Å². The minimum absolute atomic E-state index is 0.0554. The summed E-state index contributed by atoms with van der Waals surface area (Å²) < 4.78 is 0. The minimum atomic E-state index is -0.528. The van der Waals surface area contributed by atoms with Gasteiger partial charge in [-0.15, -0.1) is 0 Å². The summed E-state index contributed by atoms with van der Waals surface area (Å²) in [7, 11) is 0. The first-order chi connectivity index (χ1) is 17.7. The number of fused-ring (bicyclic) bond motifs is 1. The molecule has 4 heterocycles. The van der Waals surface area contributed by atoms with Crippen molar-refractivity contribution in [1.82, 2.24) is 25.3 Å². The highest BCUT2D eigenvalue weighted by atomic mass is 16.3. The van der Waals surface area contributed by atoms with Crippen molar-refractivity contribution in [3.63, 3.8) is 0 Å². The lowest BCUT2D eigenvalue weighted by atomic mass is 10.1. The third kappa shape index (κ3) is 6.12. The van der Waals surface area contributed by atoms with E-state index in [4.69, 9.17) is 19.9 Å². The molecule has 0 aromatic carbocycles. The van der Waals surface area contributed by atoms with Crippen molar-refractivity contribution in [2.45, 2.75) is 44.6 Å². The highest BCUT2D eigenvalue weighted by Crippen LogP contribution is 2.34. The van der Waals surface area contributed by atoms with Crippen LogP contribution in [0.4, 0.5) is 17.6 Å². The fourth-order valence-corrected chi connectivity index (χ4v) is 4.97. The third-order valence-corrected chi connectivity index (χ3v) is 6.84. The lowest BCUT2D eigenvalue weighted by Crippen LogP contribution is -2.36. The molecule has 2 aromatic heterocycles. The summed E-state index contributed by atoms with van der Waals surface area (Å²) in [6, 6.07) is -0.528. The smallest absolute Gasteiger partial charge is 0.228 e. The second-order valence-corrected chi connectivity index (χ2v) is 9.39. The summed E-state index contributed by atoms with van der Waals surface area (Å²) in [6.45, 7) is 3.94. The number of aromatic nitrogens is 4. The Labute approximate surface area is 212 Å². The monoisotopic (exact) mass is 504 g/mol. The number of hydrogen-bond donors (Lipinski definition) is 5. The van der Waals surface area contributed by atoms with Crippen LogP contribution >= 0.6 is 0 Å². The first kappa shape index (κ1) is 26.7. The molecule has 0 saturated carbocycles. The Morgan fingerprint density at radius 3 is 1.78 bits per heavy atom. The van der Waals surface area contributed by atoms with E-state index < -0.39 is 6.04 Å². The Balaban J connectivity index is 1.92. The number of nitrogens with zero attached hydrogens (tertiary/aromatic N) is 7. The Hall–Kier alpha value is -2.38. The van der Waals surface area contributed by atoms with E-state index in [0.717, 1.165) is 57.7 Å². The van der Waals surface area contributed by atoms with E-state index in [-0.39, 0.29) is 26.4 Å². The van der Waals surface area contributed by atoms with Crippen molar-refractivity contribution in [3.05, 3.63) is 5.82 Å². The van der Waals surface area contributed by atoms with Crippen LogP contribution in [0, 0.1) is 0 Å². The zero-order valence-corrected chi connectivity index (χ0v) is 21.0. The standard InChI is InChI=1S/C24H40N8O4/c33-14-7-25-18(17-36)21-26-19-20(22(28-21)30-8-3-1-4-9-30)27-24(32(12-15-34)13-16-35)29-23(19)31-10-5-2-6-11-31/h18,25,33-36H,1-17H2. The van der Waals surface area contributed by atoms with Crippen LogP contribution < -0.4 is 20.0 Å². The van der Waals surface area contributed by atoms with Gasteiger partial charge in [0.15, 0.2) is 17.5 Å². The molecule has 2 aromatic rings. The molecule has 36 heavy (non-hydrogen) atoms. The Bertz CT molecular complexity index is 963. The maximum absolute atomic E-state index is 10.1. The SMILES string of the molecule is OCCNC(CO)c1nc(N2CCCCC2)c2nc(N(CCO)CCO)nc(N3CCCCC3)c2n1. The van der Waals surface area contributed by atoms with E-state index in [0.29, 0.717) is 48.3 Å². The van der Waals surface area contributed by atoms with Gasteiger partial charge >= 0.3 is 0 Å². The molecule has 5 N–H and O–H groups in total. The summed E-state index contributed by atoms with van der Waals surface area (Å²) in [5.74, 6) is 2.33. The molecule has 200 valence electrons. The Morgan fingerprint density at radius 2 is 1.25 bits per heavy atom. The number of aliphatic hydroxyl groups excluding tert-OH is 4. The molecular weight excluding hydrogens is 464 g/mol. The molecule has 0 bridgehead atoms. The largest absolute Gasteiger partial charge is 0.395 e. The van der Waals surface area contributed by atoms with Gasteiger partial charge in [-0.25, -0.2) is 15.0 Å². The lowest BCUT2D eigenvalue weighted by Gasteiger charge is -2.32. The predicted molar refractivity (Wildman–Crippen MR) is 139 cm³/mol. The number of aliphatic hydroxyl groups is 4. The van der Waals surface area contributed by atoms with Crippen LogP contribution in [0.1, 0.15) is 50.4 Å². The number of anilines is 3. The van der Waals surface area contributed by atoms with Crippen molar-refractivity contribution in [1.29, 1.82) is 0 Å². The van der Waals surface area contributed by atoms with Gasteiger partial charge in [0.25, 0.3) is 0 Å². The van der Waals surface area contributed by atoms with E-state index in [1.807, 2.05) is 0 Å². The van der Waals surface area contributed by atoms with Gasteiger partial charge in [-0.3, -0.25) is 0 Å². The molecule has 4 rings (SSSR count). The second kappa shape index (κ2) is 13.2. The van der Waals surface area contributed by atoms with Gasteiger partial charge in [0.1, 0.15) is 11.0 Å². The highest BCUT2D eigenvalue weighted by molar-refractivity contribution is 5.94. The number of rotatable bonds is 12. The van der Waals surface area contributed by atoms with Crippen LogP contribution in [0.15, 0.2) is 0 Å². The maximum Gasteiger partial charge on any atom is 0.228 e. The van der Waals surface area contributed by atoms with Crippen LogP contribution in [-0.2, 0) is 0 Å². The summed E-state index contributed by atoms with van der Waals surface area (Å²) in [6.07, 6.45) is 6.59. The molecule has 2 aliphatic rings. The first-order valence-corrected chi connectivity index (χ1v) is 13.2. The van der Waals surface area contributed by atoms with Crippen LogP contribution in [0.5, 0.6) is 0 Å². The van der Waals surface area contributed by atoms with Crippen molar-refractivity contribution < 1.29 is 20.4 Å². The van der Waals surface area contributed by atoms with Gasteiger partial charge in [0.2, 0.25) is 5.95 Å². The van der Waals surface area contributed by atoms with Gasteiger partial charge in [-0.2, -0.15) is 4.98 Å². The van der Waals surface area contributed by atoms with Gasteiger partial charge in [-0.05, 0) is 38.5 Å². The van der Waals surface area contributed by atoms with E-state index in [1.165, 1.54) is 12.8 Å². The molecule has 2 fully saturated rings. The van der Waals surface area contributed by atoms with Crippen molar-refractivity contribution in [2.75, 3.05) is 86.9 Å². The molecule has 2 saturated heterocycles. The van der Waals surface area contributed by atoms with Gasteiger partial charge in [-0.1, -0.05) is 0 Å². The summed E-state index contributed by atoms with van der Waals surface area (Å²) >= 11 is 0. The normalized spacial score (nSPS) is 17.6. The molecule has 1 atom stereocenters. The zero-order chi connectivity index (χ0) is 25.3. The van der Waals surface area contributed by atoms with Gasteiger partial charge in [0, 0.05) is 45.8 Å². The molecule has 0 aliphatic carbocycles. The van der Waals surface area contributed by atoms with E-state index in [1.54, 1.807) is 4.90 Å². The molecule has 0 amide bonds. The van der Waals surface area contributed by atoms with Crippen LogP contribution in [0.25, 0.3) is 11.0 Å². The predicted octanol–water partition coefficient (Wildman–Crippen LogP) is -0.193. The number of hydrogen-bond acceptors (Lipinski definition) is 12. The van der Waals surface area contributed by atoms with E-state index in [9.17, 15) is 20.4 Å². The van der Waals surface area contributed by atoms with Crippen LogP contribution in [-0.4, -0.2) is 113 Å². The number of piperidine rings is 2. The third-order valence-electron chi connectivity index (χ3n) is 6.84. The average Bonchev–Trinajstić information content (AvgIpc) is 2.93. The lowest BCUT2D eigenvalue weighted by molar-refractivity contribution is 0.223. The Kier molecular flexibility index (Phi) is 9.82. The Morgan fingerprint density at radius 1 is 0.694 bits per heavy atom. The fraction of sp³-hybridized carbons (Fsp3) is 0.750. The van der Waals surface area contributed by atoms with Gasteiger partial charge in [0.05, 0.1) is 32.5 Å². The first-order valence-electron chi connectivity index (χ1n) is 13.2. The fourth-order valence-electron chi connectivity index (χ4n) is 4.97. The second-order valence-electron chi connectivity index (χ2n) is 9.39. The molecule has 2 aliphatic heterocycles. The molecule has 1 unspecified atom stereocenters. The van der Waals surface area contributed by atoms with E-state index >= 15 is 0 Å². The highest BCUT2D eigenvalue weighted by Gasteiger charge is 2.27. The van der Waals surface area contributed by atoms with Gasteiger partial charge < -0.3 is 40.4 Å². The van der Waals surface area contributed by atoms with Crippen LogP contribution in [0.2, 0.25) is 0 Å². The molecule has 0 radical (unpaired) electrons. The topological polar surface area (TPSA) is 154 Å². The molecule has 12 nitrogen and oxygen atoms in total. The maximum atomic E-state index is 10.1. The summed E-state index contributed by atoms with van der Waals surface area (Å²) in [5.41, 5.74) is 1.29. The van der Waals surface area contributed by atoms with Crippen molar-refractivity contribution in [2.24, 2.45) is 0 Å². The average molecular weight is 505 g/mol. The summed E-state index contributed by atoms with van der Waals surface area (Å²) in [5, 5.41) is 41.8. The summed E-state index contributed by atoms with van der Waals surface area (Å²) in [4.78, 5) is 25.9. The molecular formula is C24H40N8O4. The van der Waals surface area contributed by atoms with Crippen molar-refractivity contribution >= 4 is 28.6 Å². The molecule has 12 heteroatoms. The zero-order valence-electron chi connectivity index (χ0n) is 21.0.